The minimum Gasteiger partial charge on any atom is -0.211 e. The van der Waals surface area contributed by atoms with Gasteiger partial charge in [-0.2, -0.15) is 4.99 Å². The highest BCUT2D eigenvalue weighted by molar-refractivity contribution is 9.10. The maximum absolute atomic E-state index is 13.4. The van der Waals surface area contributed by atoms with Crippen molar-refractivity contribution in [2.45, 2.75) is 25.3 Å². The van der Waals surface area contributed by atoms with Crippen LogP contribution in [0.1, 0.15) is 24.0 Å². The van der Waals surface area contributed by atoms with E-state index >= 15 is 0 Å². The van der Waals surface area contributed by atoms with Crippen LogP contribution in [0.25, 0.3) is 0 Å². The number of hydrogen-bond donors (Lipinski definition) is 0. The maximum atomic E-state index is 13.4. The Balaban J connectivity index is 2.62. The Bertz CT molecular complexity index is 462. The lowest BCUT2D eigenvalue weighted by molar-refractivity contribution is 0.554. The van der Waals surface area contributed by atoms with Crippen LogP contribution in [0.4, 0.5) is 4.39 Å². The molecule has 0 bridgehead atoms. The van der Waals surface area contributed by atoms with E-state index in [0.29, 0.717) is 4.47 Å². The van der Waals surface area contributed by atoms with Crippen LogP contribution < -0.4 is 0 Å². The summed E-state index contributed by atoms with van der Waals surface area (Å²) in [6.45, 7) is 1.89. The average molecular weight is 270 g/mol. The molecule has 0 amide bonds. The molecular weight excluding hydrogens is 261 g/mol. The predicted octanol–water partition coefficient (Wildman–Crippen LogP) is 3.22. The molecule has 1 aromatic rings. The molecule has 0 aromatic heterocycles. The summed E-state index contributed by atoms with van der Waals surface area (Å²) in [7, 11) is 0. The quantitative estimate of drug-likeness (QED) is 0.599. The Hall–Kier alpha value is -0.990. The second kappa shape index (κ2) is 3.54. The molecule has 0 unspecified atom stereocenters. The number of halogens is 2. The summed E-state index contributed by atoms with van der Waals surface area (Å²) in [4.78, 5) is 14.1. The van der Waals surface area contributed by atoms with Gasteiger partial charge in [0.1, 0.15) is 5.82 Å². The fraction of sp³-hybridized carbons (Fsp3) is 0.364. The number of hydrogen-bond acceptors (Lipinski definition) is 2. The summed E-state index contributed by atoms with van der Waals surface area (Å²) in [5.74, 6) is -0.317. The van der Waals surface area contributed by atoms with E-state index in [4.69, 9.17) is 0 Å². The van der Waals surface area contributed by atoms with Gasteiger partial charge in [0, 0.05) is 5.56 Å². The Morgan fingerprint density at radius 3 is 2.73 bits per heavy atom. The van der Waals surface area contributed by atoms with Crippen molar-refractivity contribution in [3.8, 4) is 0 Å². The third-order valence-electron chi connectivity index (χ3n) is 2.75. The monoisotopic (exact) mass is 269 g/mol. The summed E-state index contributed by atoms with van der Waals surface area (Å²) in [5.41, 5.74) is 1.21. The van der Waals surface area contributed by atoms with Crippen molar-refractivity contribution in [3.63, 3.8) is 0 Å². The molecule has 15 heavy (non-hydrogen) atoms. The lowest BCUT2D eigenvalue weighted by atomic mass is 9.99. The first-order valence-corrected chi connectivity index (χ1v) is 5.44. The van der Waals surface area contributed by atoms with E-state index in [1.165, 1.54) is 6.07 Å². The smallest absolute Gasteiger partial charge is 0.211 e. The predicted molar refractivity (Wildman–Crippen MR) is 57.9 cm³/mol. The van der Waals surface area contributed by atoms with Gasteiger partial charge < -0.3 is 0 Å². The van der Waals surface area contributed by atoms with Crippen LogP contribution in [0.5, 0.6) is 0 Å². The lowest BCUT2D eigenvalue weighted by Crippen LogP contribution is -2.07. The maximum Gasteiger partial charge on any atom is 0.235 e. The van der Waals surface area contributed by atoms with Crippen molar-refractivity contribution in [3.05, 3.63) is 33.5 Å². The fourth-order valence-corrected chi connectivity index (χ4v) is 2.66. The number of aliphatic imine (C=N–C) groups is 1. The first-order valence-electron chi connectivity index (χ1n) is 4.65. The molecule has 0 N–H and O–H groups in total. The van der Waals surface area contributed by atoms with Crippen molar-refractivity contribution >= 4 is 22.0 Å². The van der Waals surface area contributed by atoms with E-state index in [0.717, 1.165) is 24.0 Å². The zero-order valence-corrected chi connectivity index (χ0v) is 9.77. The molecule has 1 aliphatic carbocycles. The second-order valence-electron chi connectivity index (χ2n) is 3.79. The molecule has 78 valence electrons. The Labute approximate surface area is 95.3 Å². The first kappa shape index (κ1) is 10.5. The molecule has 1 fully saturated rings. The van der Waals surface area contributed by atoms with E-state index in [1.54, 1.807) is 12.1 Å². The van der Waals surface area contributed by atoms with Gasteiger partial charge in [-0.05, 0) is 47.3 Å². The molecule has 0 radical (unpaired) electrons. The first-order chi connectivity index (χ1) is 7.10. The Kier molecular flexibility index (Phi) is 2.49. The van der Waals surface area contributed by atoms with E-state index in [9.17, 15) is 9.18 Å². The van der Waals surface area contributed by atoms with Gasteiger partial charge >= 0.3 is 0 Å². The van der Waals surface area contributed by atoms with Crippen molar-refractivity contribution in [1.29, 1.82) is 0 Å². The number of aryl methyl sites for hydroxylation is 1. The van der Waals surface area contributed by atoms with E-state index in [2.05, 4.69) is 20.9 Å². The normalized spacial score (nSPS) is 17.0. The fourth-order valence-electron chi connectivity index (χ4n) is 1.84. The van der Waals surface area contributed by atoms with E-state index < -0.39 is 5.54 Å². The molecule has 0 heterocycles. The van der Waals surface area contributed by atoms with Crippen molar-refractivity contribution < 1.29 is 9.18 Å². The van der Waals surface area contributed by atoms with E-state index in [1.807, 2.05) is 6.92 Å². The third-order valence-corrected chi connectivity index (χ3v) is 3.53. The largest absolute Gasteiger partial charge is 0.235 e. The van der Waals surface area contributed by atoms with Gasteiger partial charge in [0.2, 0.25) is 6.08 Å². The molecule has 2 rings (SSSR count). The van der Waals surface area contributed by atoms with Gasteiger partial charge in [0.15, 0.2) is 0 Å². The minimum absolute atomic E-state index is 0.317. The van der Waals surface area contributed by atoms with Crippen LogP contribution >= 0.6 is 15.9 Å². The number of nitrogens with zero attached hydrogens (tertiary/aromatic N) is 1. The lowest BCUT2D eigenvalue weighted by Gasteiger charge is -2.14. The van der Waals surface area contributed by atoms with Gasteiger partial charge in [-0.15, -0.1) is 0 Å². The molecule has 1 aliphatic rings. The highest BCUT2D eigenvalue weighted by atomic mass is 79.9. The van der Waals surface area contributed by atoms with Crippen LogP contribution in [-0.4, -0.2) is 6.08 Å². The molecule has 0 saturated heterocycles. The topological polar surface area (TPSA) is 29.4 Å². The SMILES string of the molecule is Cc1ccc(F)c(Br)c1C1(N=C=O)CC1. The molecule has 0 aliphatic heterocycles. The van der Waals surface area contributed by atoms with Crippen LogP contribution in [0, 0.1) is 12.7 Å². The molecular formula is C11H9BrFNO. The molecule has 0 spiro atoms. The molecule has 4 heteroatoms. The average Bonchev–Trinajstić information content (AvgIpc) is 2.94. The number of benzene rings is 1. The van der Waals surface area contributed by atoms with Crippen LogP contribution in [0.3, 0.4) is 0 Å². The number of carbonyl (C=O) groups excluding carboxylic acids is 1. The summed E-state index contributed by atoms with van der Waals surface area (Å²) >= 11 is 3.21. The molecule has 2 nitrogen and oxygen atoms in total. The molecule has 1 saturated carbocycles. The summed E-state index contributed by atoms with van der Waals surface area (Å²) < 4.78 is 13.8. The van der Waals surface area contributed by atoms with Gasteiger partial charge in [-0.1, -0.05) is 6.07 Å². The summed E-state index contributed by atoms with van der Waals surface area (Å²) in [6.07, 6.45) is 3.14. The van der Waals surface area contributed by atoms with Crippen LogP contribution in [0.15, 0.2) is 21.6 Å². The second-order valence-corrected chi connectivity index (χ2v) is 4.58. The Morgan fingerprint density at radius 1 is 1.53 bits per heavy atom. The van der Waals surface area contributed by atoms with Crippen molar-refractivity contribution in [2.75, 3.05) is 0 Å². The van der Waals surface area contributed by atoms with Gasteiger partial charge in [-0.25, -0.2) is 9.18 Å². The van der Waals surface area contributed by atoms with Crippen molar-refractivity contribution in [2.24, 2.45) is 4.99 Å². The van der Waals surface area contributed by atoms with E-state index in [-0.39, 0.29) is 5.82 Å². The van der Waals surface area contributed by atoms with Gasteiger partial charge in [0.05, 0.1) is 10.0 Å². The van der Waals surface area contributed by atoms with Crippen LogP contribution in [0.2, 0.25) is 0 Å². The molecule has 0 atom stereocenters. The number of isocyanates is 1. The highest BCUT2D eigenvalue weighted by Crippen LogP contribution is 2.52. The van der Waals surface area contributed by atoms with Gasteiger partial charge in [-0.3, -0.25) is 0 Å². The molecule has 1 aromatic carbocycles. The summed E-state index contributed by atoms with van der Waals surface area (Å²) in [5, 5.41) is 0. The van der Waals surface area contributed by atoms with Gasteiger partial charge in [0.25, 0.3) is 0 Å². The Morgan fingerprint density at radius 2 is 2.20 bits per heavy atom. The number of rotatable bonds is 2. The zero-order valence-electron chi connectivity index (χ0n) is 8.18. The minimum atomic E-state index is -0.521. The standard InChI is InChI=1S/C11H9BrFNO/c1-7-2-3-8(13)10(12)9(7)11(4-5-11)14-6-15/h2-3H,4-5H2,1H3. The van der Waals surface area contributed by atoms with Crippen molar-refractivity contribution in [1.82, 2.24) is 0 Å². The third kappa shape index (κ3) is 1.64. The highest BCUT2D eigenvalue weighted by Gasteiger charge is 2.47. The zero-order chi connectivity index (χ0) is 11.1. The van der Waals surface area contributed by atoms with Crippen LogP contribution in [-0.2, 0) is 10.3 Å². The summed E-state index contributed by atoms with van der Waals surface area (Å²) in [6, 6.07) is 3.11.